The Balaban J connectivity index is 1.27. The van der Waals surface area contributed by atoms with E-state index < -0.39 is 36.2 Å². The van der Waals surface area contributed by atoms with Gasteiger partial charge in [0, 0.05) is 42.9 Å². The maximum Gasteiger partial charge on any atom is 0.514 e. The van der Waals surface area contributed by atoms with Crippen molar-refractivity contribution in [1.82, 2.24) is 9.88 Å². The number of esters is 2. The van der Waals surface area contributed by atoms with Crippen molar-refractivity contribution >= 4 is 29.0 Å². The Morgan fingerprint density at radius 1 is 0.958 bits per heavy atom. The summed E-state index contributed by atoms with van der Waals surface area (Å²) < 4.78 is 43.8. The molecule has 1 N–H and O–H groups in total. The molecular formula is C35H42N2O11. The zero-order valence-corrected chi connectivity index (χ0v) is 28.0. The number of hydrogen-bond acceptors (Lipinski definition) is 12. The summed E-state index contributed by atoms with van der Waals surface area (Å²) in [7, 11) is 7.30. The van der Waals surface area contributed by atoms with Gasteiger partial charge in [-0.25, -0.2) is 9.59 Å². The fraction of sp³-hybridized carbons (Fsp3) is 0.514. The molecule has 6 rings (SSSR count). The number of H-pyrrole nitrogens is 1. The number of rotatable bonds is 9. The number of benzene rings is 2. The van der Waals surface area contributed by atoms with Crippen LogP contribution in [0, 0.1) is 17.8 Å². The summed E-state index contributed by atoms with van der Waals surface area (Å²) in [6, 6.07) is 9.00. The molecule has 1 aliphatic carbocycles. The Morgan fingerprint density at radius 2 is 1.71 bits per heavy atom. The average molecular weight is 667 g/mol. The van der Waals surface area contributed by atoms with Crippen LogP contribution >= 0.6 is 0 Å². The second kappa shape index (κ2) is 13.9. The molecule has 0 spiro atoms. The highest BCUT2D eigenvalue weighted by Gasteiger charge is 2.54. The first-order valence-electron chi connectivity index (χ1n) is 16.1. The van der Waals surface area contributed by atoms with E-state index in [1.807, 2.05) is 12.1 Å². The van der Waals surface area contributed by atoms with E-state index in [1.165, 1.54) is 57.2 Å². The van der Waals surface area contributed by atoms with Crippen molar-refractivity contribution < 1.29 is 52.3 Å². The van der Waals surface area contributed by atoms with E-state index in [0.29, 0.717) is 6.42 Å². The summed E-state index contributed by atoms with van der Waals surface area (Å²) >= 11 is 0. The minimum absolute atomic E-state index is 0.0356. The summed E-state index contributed by atoms with van der Waals surface area (Å²) in [5, 5.41) is 1.19. The first-order valence-corrected chi connectivity index (χ1v) is 16.1. The van der Waals surface area contributed by atoms with Gasteiger partial charge in [0.2, 0.25) is 5.75 Å². The summed E-state index contributed by atoms with van der Waals surface area (Å²) in [6.07, 6.45) is -0.298. The molecule has 48 heavy (non-hydrogen) atoms. The summed E-state index contributed by atoms with van der Waals surface area (Å²) in [6.45, 7) is 3.37. The Hall–Kier alpha value is -4.49. The molecule has 13 heteroatoms. The van der Waals surface area contributed by atoms with Crippen LogP contribution in [0.4, 0.5) is 4.79 Å². The molecule has 2 fully saturated rings. The largest absolute Gasteiger partial charge is 0.514 e. The van der Waals surface area contributed by atoms with Gasteiger partial charge in [-0.1, -0.05) is 0 Å². The van der Waals surface area contributed by atoms with Gasteiger partial charge in [-0.05, 0) is 67.9 Å². The van der Waals surface area contributed by atoms with Crippen LogP contribution in [0.2, 0.25) is 0 Å². The lowest BCUT2D eigenvalue weighted by molar-refractivity contribution is -0.176. The van der Waals surface area contributed by atoms with E-state index >= 15 is 0 Å². The molecule has 3 heterocycles. The normalized spacial score (nSPS) is 24.8. The molecule has 258 valence electrons. The highest BCUT2D eigenvalue weighted by Crippen LogP contribution is 2.51. The highest BCUT2D eigenvalue weighted by atomic mass is 16.7. The van der Waals surface area contributed by atoms with Gasteiger partial charge in [0.15, 0.2) is 11.5 Å². The molecule has 13 nitrogen and oxygen atoms in total. The molecule has 6 atom stereocenters. The monoisotopic (exact) mass is 666 g/mol. The van der Waals surface area contributed by atoms with Gasteiger partial charge in [-0.15, -0.1) is 0 Å². The fourth-order valence-corrected chi connectivity index (χ4v) is 7.89. The zero-order valence-electron chi connectivity index (χ0n) is 28.0. The minimum atomic E-state index is -0.942. The predicted molar refractivity (Wildman–Crippen MR) is 172 cm³/mol. The van der Waals surface area contributed by atoms with Crippen molar-refractivity contribution in [2.45, 2.75) is 44.4 Å². The van der Waals surface area contributed by atoms with Gasteiger partial charge >= 0.3 is 18.1 Å². The molecule has 3 aliphatic rings. The number of nitrogens with one attached hydrogen (secondary N) is 1. The maximum atomic E-state index is 13.7. The second-order valence-electron chi connectivity index (χ2n) is 12.3. The van der Waals surface area contributed by atoms with Crippen LogP contribution in [0.15, 0.2) is 30.3 Å². The van der Waals surface area contributed by atoms with E-state index in [1.54, 1.807) is 14.0 Å². The predicted octanol–water partition coefficient (Wildman–Crippen LogP) is 4.70. The molecular weight excluding hydrogens is 624 g/mol. The Kier molecular flexibility index (Phi) is 9.70. The quantitative estimate of drug-likeness (QED) is 0.192. The standard InChI is InChI=1S/C35H42N2O11/c1-7-46-35(40)48-31-26(42-3)12-18(13-27(31)43-4)33(38)47-28-14-19-17-37-11-10-22-21-9-8-20(41-2)15-24(21)36-30(22)25(37)16-23(19)29(32(28)44-5)34(39)45-6/h8-9,12-13,15,19,23,25,28-29,32,36H,7,10-11,14,16-17H2,1-6H3/t19-,23+,25-,28+,29+,32+/m1/s1. The maximum absolute atomic E-state index is 13.7. The molecule has 0 amide bonds. The number of ether oxygens (including phenoxy) is 8. The minimum Gasteiger partial charge on any atom is -0.497 e. The number of piperidine rings is 1. The third kappa shape index (κ3) is 6.00. The Labute approximate surface area is 278 Å². The SMILES string of the molecule is CCOC(=O)Oc1c(OC)cc(C(=O)O[C@H]2C[C@@H]3CN4CCc5c([nH]c6cc(OC)ccc56)[C@H]4C[C@@H]3[C@H](C(=O)OC)[C@H]2OC)cc1OC. The molecule has 0 unspecified atom stereocenters. The second-order valence-corrected chi connectivity index (χ2v) is 12.3. The van der Waals surface area contributed by atoms with Crippen LogP contribution < -0.4 is 18.9 Å². The first-order chi connectivity index (χ1) is 23.2. The van der Waals surface area contributed by atoms with Gasteiger partial charge in [0.1, 0.15) is 18.0 Å². The molecule has 1 aromatic heterocycles. The van der Waals surface area contributed by atoms with Crippen LogP contribution in [0.3, 0.4) is 0 Å². The van der Waals surface area contributed by atoms with Crippen molar-refractivity contribution in [2.24, 2.45) is 17.8 Å². The van der Waals surface area contributed by atoms with E-state index in [0.717, 1.165) is 37.2 Å². The van der Waals surface area contributed by atoms with Crippen LogP contribution in [0.5, 0.6) is 23.0 Å². The highest BCUT2D eigenvalue weighted by molar-refractivity contribution is 5.92. The Bertz CT molecular complexity index is 1660. The van der Waals surface area contributed by atoms with E-state index in [2.05, 4.69) is 16.0 Å². The first kappa shape index (κ1) is 33.4. The van der Waals surface area contributed by atoms with Gasteiger partial charge in [0.05, 0.1) is 52.6 Å². The lowest BCUT2D eigenvalue weighted by atomic mass is 9.63. The van der Waals surface area contributed by atoms with Crippen molar-refractivity contribution in [3.05, 3.63) is 47.2 Å². The van der Waals surface area contributed by atoms with Crippen molar-refractivity contribution in [3.63, 3.8) is 0 Å². The number of methoxy groups -OCH3 is 5. The number of hydrogen-bond donors (Lipinski definition) is 1. The number of nitrogens with zero attached hydrogens (tertiary/aromatic N) is 1. The van der Waals surface area contributed by atoms with E-state index in [9.17, 15) is 14.4 Å². The Morgan fingerprint density at radius 3 is 2.35 bits per heavy atom. The van der Waals surface area contributed by atoms with E-state index in [-0.39, 0.29) is 47.3 Å². The van der Waals surface area contributed by atoms with E-state index in [4.69, 9.17) is 37.9 Å². The molecule has 0 radical (unpaired) electrons. The lowest BCUT2D eigenvalue weighted by Gasteiger charge is -2.52. The summed E-state index contributed by atoms with van der Waals surface area (Å²) in [5.74, 6) is -0.833. The average Bonchev–Trinajstić information content (AvgIpc) is 3.48. The third-order valence-corrected chi connectivity index (χ3v) is 10.0. The smallest absolute Gasteiger partial charge is 0.497 e. The molecule has 0 bridgehead atoms. The number of aromatic amines is 1. The summed E-state index contributed by atoms with van der Waals surface area (Å²) in [4.78, 5) is 45.3. The topological polar surface area (TPSA) is 144 Å². The molecule has 1 saturated carbocycles. The van der Waals surface area contributed by atoms with Crippen LogP contribution in [-0.2, 0) is 30.2 Å². The van der Waals surface area contributed by atoms with Gasteiger partial charge in [-0.2, -0.15) is 0 Å². The third-order valence-electron chi connectivity index (χ3n) is 10.0. The van der Waals surface area contributed by atoms with Crippen LogP contribution in [0.1, 0.15) is 47.4 Å². The van der Waals surface area contributed by atoms with Crippen LogP contribution in [0.25, 0.3) is 10.9 Å². The molecule has 3 aromatic rings. The number of fused-ring (bicyclic) bond motifs is 6. The van der Waals surface area contributed by atoms with Gasteiger partial charge < -0.3 is 42.9 Å². The number of carbonyl (C=O) groups is 3. The zero-order chi connectivity index (χ0) is 34.1. The molecule has 2 aromatic carbocycles. The van der Waals surface area contributed by atoms with Crippen molar-refractivity contribution in [1.29, 1.82) is 0 Å². The number of carbonyl (C=O) groups excluding carboxylic acids is 3. The summed E-state index contributed by atoms with van der Waals surface area (Å²) in [5.41, 5.74) is 3.62. The number of aromatic nitrogens is 1. The van der Waals surface area contributed by atoms with Crippen molar-refractivity contribution in [3.8, 4) is 23.0 Å². The van der Waals surface area contributed by atoms with Crippen LogP contribution in [-0.4, -0.2) is 95.4 Å². The van der Waals surface area contributed by atoms with Gasteiger partial charge in [0.25, 0.3) is 0 Å². The molecule has 1 saturated heterocycles. The molecule has 2 aliphatic heterocycles. The lowest BCUT2D eigenvalue weighted by Crippen LogP contribution is -2.58. The van der Waals surface area contributed by atoms with Gasteiger partial charge in [-0.3, -0.25) is 9.69 Å². The fourth-order valence-electron chi connectivity index (χ4n) is 7.89. The van der Waals surface area contributed by atoms with Crippen molar-refractivity contribution in [2.75, 3.05) is 55.2 Å².